The zero-order valence-corrected chi connectivity index (χ0v) is 20.4. The number of nitrogens with zero attached hydrogens (tertiary/aromatic N) is 5. The van der Waals surface area contributed by atoms with Gasteiger partial charge in [0.25, 0.3) is 5.91 Å². The van der Waals surface area contributed by atoms with E-state index in [4.69, 9.17) is 10.7 Å². The van der Waals surface area contributed by atoms with Gasteiger partial charge >= 0.3 is 0 Å². The summed E-state index contributed by atoms with van der Waals surface area (Å²) in [6.45, 7) is 7.19. The van der Waals surface area contributed by atoms with Crippen LogP contribution in [0.3, 0.4) is 0 Å². The van der Waals surface area contributed by atoms with Crippen LogP contribution in [0, 0.1) is 25.7 Å². The summed E-state index contributed by atoms with van der Waals surface area (Å²) < 4.78 is 1.89. The smallest absolute Gasteiger partial charge is 0.299 e. The lowest BCUT2D eigenvalue weighted by Crippen LogP contribution is -2.30. The van der Waals surface area contributed by atoms with Crippen molar-refractivity contribution in [1.82, 2.24) is 19.3 Å². The Morgan fingerprint density at radius 2 is 1.83 bits per heavy atom. The second-order valence-corrected chi connectivity index (χ2v) is 8.86. The number of nitrogens with two attached hydrogens (primary N) is 1. The molecule has 2 aromatic carbocycles. The molecule has 1 aliphatic heterocycles. The van der Waals surface area contributed by atoms with Crippen molar-refractivity contribution in [2.75, 3.05) is 30.4 Å². The molecule has 0 unspecified atom stereocenters. The van der Waals surface area contributed by atoms with Gasteiger partial charge in [0.05, 0.1) is 6.67 Å². The number of hydrogen-bond acceptors (Lipinski definition) is 6. The van der Waals surface area contributed by atoms with Gasteiger partial charge in [-0.15, -0.1) is 0 Å². The van der Waals surface area contributed by atoms with Crippen LogP contribution in [0.15, 0.2) is 54.9 Å². The number of rotatable bonds is 4. The molecule has 1 aliphatic rings. The molecule has 1 fully saturated rings. The number of anilines is 2. The van der Waals surface area contributed by atoms with Crippen molar-refractivity contribution in [3.63, 3.8) is 0 Å². The topological polar surface area (TPSA) is 96.8 Å². The van der Waals surface area contributed by atoms with E-state index in [9.17, 15) is 9.59 Å². The molecule has 8 heteroatoms. The Morgan fingerprint density at radius 1 is 1.06 bits per heavy atom. The van der Waals surface area contributed by atoms with Crippen molar-refractivity contribution in [1.29, 1.82) is 0 Å². The van der Waals surface area contributed by atoms with Gasteiger partial charge in [0.1, 0.15) is 17.0 Å². The number of aromatic nitrogens is 3. The van der Waals surface area contributed by atoms with E-state index in [1.807, 2.05) is 71.8 Å². The molecular weight excluding hydrogens is 452 g/mol. The third-order valence-corrected chi connectivity index (χ3v) is 6.39. The molecule has 180 valence electrons. The van der Waals surface area contributed by atoms with Gasteiger partial charge in [-0.3, -0.25) is 14.0 Å². The van der Waals surface area contributed by atoms with Crippen LogP contribution in [0.25, 0.3) is 16.8 Å². The predicted octanol–water partition coefficient (Wildman–Crippen LogP) is 3.46. The highest BCUT2D eigenvalue weighted by Gasteiger charge is 2.28. The summed E-state index contributed by atoms with van der Waals surface area (Å²) >= 11 is 0. The number of carbonyl (C=O) groups excluding carboxylic acids is 2. The summed E-state index contributed by atoms with van der Waals surface area (Å²) in [5.74, 6) is 6.06. The molecule has 1 saturated heterocycles. The molecule has 0 spiro atoms. The van der Waals surface area contributed by atoms with Crippen LogP contribution < -0.4 is 10.6 Å². The zero-order valence-electron chi connectivity index (χ0n) is 20.4. The zero-order chi connectivity index (χ0) is 25.4. The Hall–Kier alpha value is -4.64. The number of imidazole rings is 1. The second-order valence-electron chi connectivity index (χ2n) is 8.86. The molecular formula is C28H26N6O2. The molecule has 0 atom stereocenters. The van der Waals surface area contributed by atoms with E-state index < -0.39 is 0 Å². The number of carbonyl (C=O) groups is 2. The van der Waals surface area contributed by atoms with Crippen LogP contribution in [0.1, 0.15) is 34.0 Å². The molecule has 0 radical (unpaired) electrons. The molecule has 1 amide bonds. The Balaban J connectivity index is 1.50. The van der Waals surface area contributed by atoms with E-state index in [0.29, 0.717) is 53.9 Å². The summed E-state index contributed by atoms with van der Waals surface area (Å²) in [6, 6.07) is 13.2. The van der Waals surface area contributed by atoms with E-state index in [1.54, 1.807) is 18.0 Å². The van der Waals surface area contributed by atoms with Crippen LogP contribution in [-0.4, -0.2) is 50.7 Å². The molecule has 3 heterocycles. The number of benzene rings is 2. The number of ketones is 1. The van der Waals surface area contributed by atoms with E-state index in [1.165, 1.54) is 0 Å². The van der Waals surface area contributed by atoms with Gasteiger partial charge in [-0.25, -0.2) is 9.97 Å². The van der Waals surface area contributed by atoms with E-state index >= 15 is 0 Å². The third-order valence-electron chi connectivity index (χ3n) is 6.39. The van der Waals surface area contributed by atoms with Gasteiger partial charge in [-0.05, 0) is 32.3 Å². The largest absolute Gasteiger partial charge is 0.382 e. The van der Waals surface area contributed by atoms with Crippen molar-refractivity contribution in [3.8, 4) is 23.1 Å². The van der Waals surface area contributed by atoms with Crippen LogP contribution >= 0.6 is 0 Å². The highest BCUT2D eigenvalue weighted by atomic mass is 16.2. The summed E-state index contributed by atoms with van der Waals surface area (Å²) in [5, 5.41) is 0. The molecule has 8 nitrogen and oxygen atoms in total. The fraction of sp³-hybridized carbons (Fsp3) is 0.214. The van der Waals surface area contributed by atoms with E-state index in [0.717, 1.165) is 16.7 Å². The number of fused-ring (bicyclic) bond motifs is 1. The van der Waals surface area contributed by atoms with Gasteiger partial charge < -0.3 is 15.5 Å². The average Bonchev–Trinajstić information content (AvgIpc) is 3.50. The van der Waals surface area contributed by atoms with Crippen molar-refractivity contribution in [3.05, 3.63) is 77.1 Å². The molecule has 0 aliphatic carbocycles. The first kappa shape index (κ1) is 23.1. The van der Waals surface area contributed by atoms with Crippen LogP contribution in [0.2, 0.25) is 0 Å². The SMILES string of the molecule is CC#CC(=O)N1CCN(c2nc(-c3ccc(C(=O)c4ccc(C)cc4C)cc3)c3c(N)nccn23)C1. The molecule has 4 aromatic rings. The van der Waals surface area contributed by atoms with E-state index in [-0.39, 0.29) is 11.7 Å². The number of aryl methyl sites for hydroxylation is 2. The lowest BCUT2D eigenvalue weighted by molar-refractivity contribution is -0.124. The number of nitrogen functional groups attached to an aromatic ring is 1. The summed E-state index contributed by atoms with van der Waals surface area (Å²) in [4.78, 5) is 38.2. The predicted molar refractivity (Wildman–Crippen MR) is 140 cm³/mol. The van der Waals surface area contributed by atoms with Crippen molar-refractivity contribution >= 4 is 29.0 Å². The highest BCUT2D eigenvalue weighted by molar-refractivity contribution is 6.10. The highest BCUT2D eigenvalue weighted by Crippen LogP contribution is 2.32. The normalized spacial score (nSPS) is 13.1. The Kier molecular flexibility index (Phi) is 5.90. The summed E-state index contributed by atoms with van der Waals surface area (Å²) in [6.07, 6.45) is 3.44. The summed E-state index contributed by atoms with van der Waals surface area (Å²) in [7, 11) is 0. The van der Waals surface area contributed by atoms with Gasteiger partial charge in [0.15, 0.2) is 5.78 Å². The fourth-order valence-corrected chi connectivity index (χ4v) is 4.58. The molecule has 2 aromatic heterocycles. The minimum absolute atomic E-state index is 0.0207. The van der Waals surface area contributed by atoms with Gasteiger partial charge in [-0.1, -0.05) is 53.9 Å². The Labute approximate surface area is 209 Å². The van der Waals surface area contributed by atoms with Crippen molar-refractivity contribution < 1.29 is 9.59 Å². The van der Waals surface area contributed by atoms with Crippen LogP contribution in [0.5, 0.6) is 0 Å². The molecule has 5 rings (SSSR count). The standard InChI is InChI=1S/C28H26N6O2/c1-4-5-23(35)32-14-15-33(17-32)28-31-24(25-27(29)30-12-13-34(25)28)20-7-9-21(10-8-20)26(36)22-11-6-18(2)16-19(22)3/h6-13,16H,14-15,17H2,1-3H3,(H2,29,30). The third kappa shape index (κ3) is 4.05. The number of amides is 1. The molecule has 2 N–H and O–H groups in total. The minimum atomic E-state index is -0.202. The molecule has 36 heavy (non-hydrogen) atoms. The van der Waals surface area contributed by atoms with Crippen molar-refractivity contribution in [2.24, 2.45) is 0 Å². The van der Waals surface area contributed by atoms with Gasteiger partial charge in [0, 0.05) is 42.2 Å². The second kappa shape index (κ2) is 9.19. The first-order valence-corrected chi connectivity index (χ1v) is 11.7. The maximum absolute atomic E-state index is 13.1. The quantitative estimate of drug-likeness (QED) is 0.356. The lowest BCUT2D eigenvalue weighted by Gasteiger charge is -2.17. The average molecular weight is 479 g/mol. The van der Waals surface area contributed by atoms with Crippen LogP contribution in [0.4, 0.5) is 11.8 Å². The first-order chi connectivity index (χ1) is 17.4. The Morgan fingerprint density at radius 3 is 2.56 bits per heavy atom. The molecule has 0 bridgehead atoms. The fourth-order valence-electron chi connectivity index (χ4n) is 4.58. The minimum Gasteiger partial charge on any atom is -0.382 e. The maximum Gasteiger partial charge on any atom is 0.299 e. The summed E-state index contributed by atoms with van der Waals surface area (Å²) in [5.41, 5.74) is 11.8. The Bertz CT molecular complexity index is 1560. The number of hydrogen-bond donors (Lipinski definition) is 1. The lowest BCUT2D eigenvalue weighted by atomic mass is 9.96. The monoisotopic (exact) mass is 478 g/mol. The molecule has 0 saturated carbocycles. The van der Waals surface area contributed by atoms with Crippen LogP contribution in [-0.2, 0) is 4.79 Å². The van der Waals surface area contributed by atoms with Crippen molar-refractivity contribution in [2.45, 2.75) is 20.8 Å². The maximum atomic E-state index is 13.1. The van der Waals surface area contributed by atoms with Gasteiger partial charge in [-0.2, -0.15) is 0 Å². The first-order valence-electron chi connectivity index (χ1n) is 11.7. The van der Waals surface area contributed by atoms with E-state index in [2.05, 4.69) is 16.8 Å². The van der Waals surface area contributed by atoms with Gasteiger partial charge in [0.2, 0.25) is 5.95 Å².